The number of unbranched alkanes of at least 4 members (excludes halogenated alkanes) is 9. The Hall–Kier alpha value is -0.780. The first-order valence-electron chi connectivity index (χ1n) is 13.5. The van der Waals surface area contributed by atoms with Crippen LogP contribution in [0.3, 0.4) is 0 Å². The predicted octanol–water partition coefficient (Wildman–Crippen LogP) is 8.93. The molecule has 36 heavy (non-hydrogen) atoms. The number of hydrogen-bond acceptors (Lipinski definition) is 7. The molecule has 1 N–H and O–H groups in total. The summed E-state index contributed by atoms with van der Waals surface area (Å²) >= 11 is 8.59. The van der Waals surface area contributed by atoms with Gasteiger partial charge in [-0.3, -0.25) is 9.59 Å². The lowest BCUT2D eigenvalue weighted by Crippen LogP contribution is -2.40. The van der Waals surface area contributed by atoms with E-state index >= 15 is 0 Å². The fourth-order valence-corrected chi connectivity index (χ4v) is 6.72. The summed E-state index contributed by atoms with van der Waals surface area (Å²) in [5, 5.41) is 18.7. The molecule has 0 aliphatic rings. The van der Waals surface area contributed by atoms with Gasteiger partial charge in [-0.1, -0.05) is 88.7 Å². The van der Waals surface area contributed by atoms with Crippen molar-refractivity contribution < 1.29 is 19.4 Å². The van der Waals surface area contributed by atoms with Crippen LogP contribution in [-0.2, 0) is 14.3 Å². The van der Waals surface area contributed by atoms with Crippen molar-refractivity contribution in [2.75, 3.05) is 5.75 Å². The highest BCUT2D eigenvalue weighted by Gasteiger charge is 2.41. The quantitative estimate of drug-likeness (QED) is 0.0953. The van der Waals surface area contributed by atoms with Crippen LogP contribution in [0.25, 0.3) is 0 Å². The molecule has 2 unspecified atom stereocenters. The molecule has 0 aliphatic carbocycles. The molecule has 0 radical (unpaired) electrons. The molecule has 8 heteroatoms. The SMILES string of the molecule is CCCCCCCCCCCCSC(=S)SC(C)(CCC(C)(C#N)CCC(=O)O)C(=O)OC(C)(C)C. The molecular weight excluding hydrogens is 511 g/mol. The van der Waals surface area contributed by atoms with Crippen molar-refractivity contribution in [3.05, 3.63) is 0 Å². The number of carbonyl (C=O) groups excluding carboxylic acids is 1. The molecule has 0 saturated carbocycles. The number of hydrogen-bond donors (Lipinski definition) is 1. The predicted molar refractivity (Wildman–Crippen MR) is 159 cm³/mol. The highest BCUT2D eigenvalue weighted by Crippen LogP contribution is 2.41. The van der Waals surface area contributed by atoms with E-state index in [4.69, 9.17) is 22.1 Å². The van der Waals surface area contributed by atoms with Crippen LogP contribution in [-0.4, -0.2) is 36.7 Å². The molecule has 208 valence electrons. The number of aliphatic carboxylic acids is 1. The standard InChI is InChI=1S/C28H49NO4S3/c1-7-8-9-10-11-12-13-14-15-16-21-35-25(34)36-28(6,24(32)33-26(2,3)4)20-19-27(5,22-29)18-17-23(30)31/h7-21H2,1-6H3,(H,30,31). The number of carboxylic acids is 1. The lowest BCUT2D eigenvalue weighted by Gasteiger charge is -2.33. The Kier molecular flexibility index (Phi) is 18.1. The summed E-state index contributed by atoms with van der Waals surface area (Å²) in [5.41, 5.74) is -1.46. The number of carbonyl (C=O) groups is 2. The van der Waals surface area contributed by atoms with Crippen LogP contribution >= 0.6 is 35.7 Å². The highest BCUT2D eigenvalue weighted by atomic mass is 32.2. The minimum Gasteiger partial charge on any atom is -0.481 e. The zero-order chi connectivity index (χ0) is 27.7. The van der Waals surface area contributed by atoms with Gasteiger partial charge in [0, 0.05) is 6.42 Å². The van der Waals surface area contributed by atoms with Crippen LogP contribution in [0, 0.1) is 16.7 Å². The minimum absolute atomic E-state index is 0.0759. The maximum Gasteiger partial charge on any atom is 0.322 e. The Morgan fingerprint density at radius 3 is 1.89 bits per heavy atom. The Morgan fingerprint density at radius 1 is 0.889 bits per heavy atom. The number of esters is 1. The van der Waals surface area contributed by atoms with Crippen LogP contribution < -0.4 is 0 Å². The summed E-state index contributed by atoms with van der Waals surface area (Å²) in [6, 6.07) is 2.26. The maximum atomic E-state index is 13.2. The molecule has 0 spiro atoms. The third-order valence-electron chi connectivity index (χ3n) is 6.17. The zero-order valence-electron chi connectivity index (χ0n) is 23.5. The fraction of sp³-hybridized carbons (Fsp3) is 0.857. The largest absolute Gasteiger partial charge is 0.481 e. The monoisotopic (exact) mass is 559 g/mol. The molecule has 0 bridgehead atoms. The molecule has 0 saturated heterocycles. The van der Waals surface area contributed by atoms with Crippen molar-refractivity contribution in [3.8, 4) is 6.07 Å². The molecule has 0 rings (SSSR count). The molecule has 0 fully saturated rings. The molecule has 0 amide bonds. The third-order valence-corrected chi connectivity index (χ3v) is 9.10. The van der Waals surface area contributed by atoms with Gasteiger partial charge in [-0.05, 0) is 66.1 Å². The van der Waals surface area contributed by atoms with Gasteiger partial charge in [-0.2, -0.15) is 5.26 Å². The van der Waals surface area contributed by atoms with Crippen molar-refractivity contribution in [3.63, 3.8) is 0 Å². The lowest BCUT2D eigenvalue weighted by atomic mass is 9.80. The Balaban J connectivity index is 4.74. The van der Waals surface area contributed by atoms with Gasteiger partial charge < -0.3 is 9.84 Å². The molecule has 0 aromatic heterocycles. The summed E-state index contributed by atoms with van der Waals surface area (Å²) in [7, 11) is 0. The van der Waals surface area contributed by atoms with Crippen molar-refractivity contribution in [1.82, 2.24) is 0 Å². The average Bonchev–Trinajstić information content (AvgIpc) is 2.78. The van der Waals surface area contributed by atoms with Crippen LogP contribution in [0.15, 0.2) is 0 Å². The van der Waals surface area contributed by atoms with E-state index in [-0.39, 0.29) is 18.8 Å². The zero-order valence-corrected chi connectivity index (χ0v) is 25.9. The molecule has 0 heterocycles. The van der Waals surface area contributed by atoms with Gasteiger partial charge in [0.05, 0.1) is 11.5 Å². The number of carboxylic acid groups (broad SMARTS) is 1. The maximum absolute atomic E-state index is 13.2. The van der Waals surface area contributed by atoms with Crippen LogP contribution in [0.5, 0.6) is 0 Å². The van der Waals surface area contributed by atoms with Crippen molar-refractivity contribution in [2.45, 2.75) is 142 Å². The Morgan fingerprint density at radius 2 is 1.42 bits per heavy atom. The van der Waals surface area contributed by atoms with Crippen LogP contribution in [0.1, 0.15) is 131 Å². The number of thiocarbonyl (C=S) groups is 1. The summed E-state index contributed by atoms with van der Waals surface area (Å²) in [4.78, 5) is 24.2. The van der Waals surface area contributed by atoms with Gasteiger partial charge >= 0.3 is 11.9 Å². The van der Waals surface area contributed by atoms with Gasteiger partial charge in [0.2, 0.25) is 0 Å². The molecule has 0 aromatic rings. The molecule has 5 nitrogen and oxygen atoms in total. The van der Waals surface area contributed by atoms with Gasteiger partial charge in [0.25, 0.3) is 0 Å². The molecule has 0 aromatic carbocycles. The van der Waals surface area contributed by atoms with Crippen LogP contribution in [0.4, 0.5) is 0 Å². The normalized spacial score (nSPS) is 14.9. The van der Waals surface area contributed by atoms with E-state index in [1.54, 1.807) is 18.7 Å². The summed E-state index contributed by atoms with van der Waals surface area (Å²) in [6.45, 7) is 11.3. The molecular formula is C28H49NO4S3. The number of nitriles is 1. The number of rotatable bonds is 19. The topological polar surface area (TPSA) is 87.4 Å². The summed E-state index contributed by atoms with van der Waals surface area (Å²) in [5.74, 6) is -0.341. The summed E-state index contributed by atoms with van der Waals surface area (Å²) in [6.07, 6.45) is 13.8. The second-order valence-electron chi connectivity index (χ2n) is 11.2. The van der Waals surface area contributed by atoms with Crippen molar-refractivity contribution >= 4 is 51.2 Å². The molecule has 2 atom stereocenters. The second-order valence-corrected chi connectivity index (χ2v) is 15.0. The Bertz CT molecular complexity index is 717. The van der Waals surface area contributed by atoms with Gasteiger partial charge in [0.15, 0.2) is 0 Å². The van der Waals surface area contributed by atoms with Gasteiger partial charge in [0.1, 0.15) is 13.9 Å². The number of ether oxygens (including phenoxy) is 1. The van der Waals surface area contributed by atoms with Crippen LogP contribution in [0.2, 0.25) is 0 Å². The van der Waals surface area contributed by atoms with Crippen molar-refractivity contribution in [1.29, 1.82) is 5.26 Å². The van der Waals surface area contributed by atoms with E-state index in [2.05, 4.69) is 13.0 Å². The Labute approximate surface area is 234 Å². The molecule has 0 aliphatic heterocycles. The van der Waals surface area contributed by atoms with E-state index < -0.39 is 21.7 Å². The first-order chi connectivity index (χ1) is 16.8. The van der Waals surface area contributed by atoms with E-state index in [0.717, 1.165) is 12.2 Å². The first-order valence-corrected chi connectivity index (χ1v) is 15.7. The highest BCUT2D eigenvalue weighted by molar-refractivity contribution is 8.47. The average molecular weight is 560 g/mol. The minimum atomic E-state index is -0.934. The van der Waals surface area contributed by atoms with E-state index in [0.29, 0.717) is 16.4 Å². The van der Waals surface area contributed by atoms with Gasteiger partial charge in [-0.15, -0.1) is 11.8 Å². The number of thioether (sulfide) groups is 2. The number of nitrogens with zero attached hydrogens (tertiary/aromatic N) is 1. The van der Waals surface area contributed by atoms with E-state index in [1.807, 2.05) is 27.7 Å². The first kappa shape index (κ1) is 35.2. The van der Waals surface area contributed by atoms with Crippen molar-refractivity contribution in [2.24, 2.45) is 5.41 Å². The smallest absolute Gasteiger partial charge is 0.322 e. The summed E-state index contributed by atoms with van der Waals surface area (Å²) < 4.78 is 5.48. The fourth-order valence-electron chi connectivity index (χ4n) is 3.67. The second kappa shape index (κ2) is 18.5. The third kappa shape index (κ3) is 17.6. The lowest BCUT2D eigenvalue weighted by molar-refractivity contribution is -0.157. The van der Waals surface area contributed by atoms with E-state index in [9.17, 15) is 14.9 Å². The van der Waals surface area contributed by atoms with Gasteiger partial charge in [-0.25, -0.2) is 0 Å². The van der Waals surface area contributed by atoms with E-state index in [1.165, 1.54) is 69.5 Å².